The predicted octanol–water partition coefficient (Wildman–Crippen LogP) is 1.82. The highest BCUT2D eigenvalue weighted by atomic mass is 16.4. The lowest BCUT2D eigenvalue weighted by Crippen LogP contribution is -2.08. The van der Waals surface area contributed by atoms with Crippen LogP contribution < -0.4 is 5.32 Å². The average Bonchev–Trinajstić information content (AvgIpc) is 2.97. The highest BCUT2D eigenvalue weighted by Crippen LogP contribution is 2.21. The smallest absolute Gasteiger partial charge is 0.216 e. The van der Waals surface area contributed by atoms with Crippen molar-refractivity contribution >= 4 is 17.0 Å². The third kappa shape index (κ3) is 1.79. The third-order valence-electron chi connectivity index (χ3n) is 2.59. The summed E-state index contributed by atoms with van der Waals surface area (Å²) < 4.78 is 5.47. The Morgan fingerprint density at radius 3 is 2.94 bits per heavy atom. The van der Waals surface area contributed by atoms with E-state index in [2.05, 4.69) is 30.2 Å². The molecule has 3 rings (SSSR count). The Labute approximate surface area is 103 Å². The molecule has 2 N–H and O–H groups in total. The van der Waals surface area contributed by atoms with E-state index >= 15 is 0 Å². The minimum absolute atomic E-state index is 0.0832. The summed E-state index contributed by atoms with van der Waals surface area (Å²) in [5.74, 6) is 2.09. The van der Waals surface area contributed by atoms with Crippen LogP contribution in [0.1, 0.15) is 24.6 Å². The molecule has 0 saturated carbocycles. The molecule has 0 saturated heterocycles. The zero-order chi connectivity index (χ0) is 12.5. The Balaban J connectivity index is 1.90. The molecule has 0 radical (unpaired) electrons. The van der Waals surface area contributed by atoms with Crippen LogP contribution in [-0.2, 0) is 0 Å². The molecule has 0 amide bonds. The zero-order valence-electron chi connectivity index (χ0n) is 10.0. The fourth-order valence-electron chi connectivity index (χ4n) is 1.71. The molecule has 1 atom stereocenters. The van der Waals surface area contributed by atoms with Gasteiger partial charge in [0.25, 0.3) is 0 Å². The van der Waals surface area contributed by atoms with Crippen molar-refractivity contribution in [2.24, 2.45) is 0 Å². The molecule has 1 unspecified atom stereocenters. The van der Waals surface area contributed by atoms with Gasteiger partial charge in [0.05, 0.1) is 12.5 Å². The minimum atomic E-state index is -0.0832. The van der Waals surface area contributed by atoms with E-state index in [0.717, 1.165) is 11.3 Å². The first kappa shape index (κ1) is 10.7. The van der Waals surface area contributed by atoms with E-state index in [4.69, 9.17) is 4.42 Å². The summed E-state index contributed by atoms with van der Waals surface area (Å²) in [6.07, 6.45) is 4.75. The molecule has 0 bridgehead atoms. The Bertz CT molecular complexity index is 673. The number of hydrogen-bond acceptors (Lipinski definition) is 6. The lowest BCUT2D eigenvalue weighted by atomic mass is 10.3. The molecule has 0 spiro atoms. The van der Waals surface area contributed by atoms with Crippen LogP contribution in [0.5, 0.6) is 0 Å². The van der Waals surface area contributed by atoms with Crippen molar-refractivity contribution in [3.05, 3.63) is 30.5 Å². The first-order chi connectivity index (χ1) is 8.74. The maximum atomic E-state index is 5.47. The van der Waals surface area contributed by atoms with Gasteiger partial charge in [-0.25, -0.2) is 19.9 Å². The molecule has 3 aromatic rings. The summed E-state index contributed by atoms with van der Waals surface area (Å²) in [6.45, 7) is 3.82. The molecule has 0 aliphatic heterocycles. The molecular weight excluding hydrogens is 232 g/mol. The van der Waals surface area contributed by atoms with Crippen molar-refractivity contribution in [1.82, 2.24) is 24.9 Å². The highest BCUT2D eigenvalue weighted by Gasteiger charge is 2.14. The quantitative estimate of drug-likeness (QED) is 0.730. The minimum Gasteiger partial charge on any atom is -0.444 e. The second-order valence-corrected chi connectivity index (χ2v) is 4.00. The van der Waals surface area contributed by atoms with Crippen molar-refractivity contribution in [2.75, 3.05) is 5.32 Å². The van der Waals surface area contributed by atoms with Crippen LogP contribution in [0.4, 0.5) is 5.82 Å². The van der Waals surface area contributed by atoms with Gasteiger partial charge >= 0.3 is 0 Å². The molecule has 0 aliphatic carbocycles. The van der Waals surface area contributed by atoms with Gasteiger partial charge in [0.15, 0.2) is 11.5 Å². The van der Waals surface area contributed by atoms with Gasteiger partial charge in [-0.2, -0.15) is 0 Å². The average molecular weight is 244 g/mol. The van der Waals surface area contributed by atoms with Crippen molar-refractivity contribution in [1.29, 1.82) is 0 Å². The Morgan fingerprint density at radius 2 is 2.17 bits per heavy atom. The SMILES string of the molecule is Cc1cnc(C(C)Nc2ncnc3nc[nH]c23)o1. The van der Waals surface area contributed by atoms with Gasteiger partial charge in [-0.05, 0) is 13.8 Å². The normalized spacial score (nSPS) is 12.8. The zero-order valence-corrected chi connectivity index (χ0v) is 10.0. The summed E-state index contributed by atoms with van der Waals surface area (Å²) in [5.41, 5.74) is 1.40. The maximum absolute atomic E-state index is 5.47. The first-order valence-corrected chi connectivity index (χ1v) is 5.57. The number of nitrogens with zero attached hydrogens (tertiary/aromatic N) is 4. The molecule has 7 nitrogen and oxygen atoms in total. The van der Waals surface area contributed by atoms with Gasteiger partial charge in [-0.1, -0.05) is 0 Å². The third-order valence-corrected chi connectivity index (χ3v) is 2.59. The standard InChI is InChI=1S/C11H12N6O/c1-6-3-12-11(18-6)7(2)17-10-8-9(14-4-13-8)15-5-16-10/h3-5,7H,1-2H3,(H2,13,14,15,16,17). The number of H-pyrrole nitrogens is 1. The molecule has 18 heavy (non-hydrogen) atoms. The number of oxazole rings is 1. The fraction of sp³-hybridized carbons (Fsp3) is 0.273. The van der Waals surface area contributed by atoms with Gasteiger partial charge in [-0.3, -0.25) is 0 Å². The molecule has 3 aromatic heterocycles. The number of aryl methyl sites for hydroxylation is 1. The van der Waals surface area contributed by atoms with Crippen molar-refractivity contribution in [3.63, 3.8) is 0 Å². The van der Waals surface area contributed by atoms with Crippen LogP contribution in [0, 0.1) is 6.92 Å². The van der Waals surface area contributed by atoms with Crippen LogP contribution >= 0.6 is 0 Å². The topological polar surface area (TPSA) is 92.5 Å². The van der Waals surface area contributed by atoms with Gasteiger partial charge < -0.3 is 14.7 Å². The van der Waals surface area contributed by atoms with Crippen molar-refractivity contribution in [2.45, 2.75) is 19.9 Å². The fourth-order valence-corrected chi connectivity index (χ4v) is 1.71. The number of hydrogen-bond donors (Lipinski definition) is 2. The number of anilines is 1. The second kappa shape index (κ2) is 4.10. The molecule has 0 fully saturated rings. The van der Waals surface area contributed by atoms with Gasteiger partial charge in [0.2, 0.25) is 5.89 Å². The lowest BCUT2D eigenvalue weighted by Gasteiger charge is -2.10. The van der Waals surface area contributed by atoms with E-state index in [1.165, 1.54) is 6.33 Å². The summed E-state index contributed by atoms with van der Waals surface area (Å²) in [7, 11) is 0. The number of aromatic amines is 1. The van der Waals surface area contributed by atoms with Gasteiger partial charge in [-0.15, -0.1) is 0 Å². The van der Waals surface area contributed by atoms with Crippen LogP contribution in [0.3, 0.4) is 0 Å². The summed E-state index contributed by atoms with van der Waals surface area (Å²) in [4.78, 5) is 19.5. The number of fused-ring (bicyclic) bond motifs is 1. The van der Waals surface area contributed by atoms with Crippen LogP contribution in [0.15, 0.2) is 23.3 Å². The largest absolute Gasteiger partial charge is 0.444 e. The van der Waals surface area contributed by atoms with Gasteiger partial charge in [0, 0.05) is 0 Å². The van der Waals surface area contributed by atoms with Crippen LogP contribution in [0.25, 0.3) is 11.2 Å². The van der Waals surface area contributed by atoms with Crippen LogP contribution in [-0.4, -0.2) is 24.9 Å². The van der Waals surface area contributed by atoms with Crippen LogP contribution in [0.2, 0.25) is 0 Å². The number of aromatic nitrogens is 5. The maximum Gasteiger partial charge on any atom is 0.216 e. The monoisotopic (exact) mass is 244 g/mol. The molecule has 92 valence electrons. The first-order valence-electron chi connectivity index (χ1n) is 5.57. The van der Waals surface area contributed by atoms with E-state index in [1.54, 1.807) is 12.5 Å². The van der Waals surface area contributed by atoms with E-state index in [-0.39, 0.29) is 6.04 Å². The Morgan fingerprint density at radius 1 is 1.28 bits per heavy atom. The summed E-state index contributed by atoms with van der Waals surface area (Å²) in [6, 6.07) is -0.0832. The molecule has 0 aromatic carbocycles. The van der Waals surface area contributed by atoms with E-state index in [9.17, 15) is 0 Å². The van der Waals surface area contributed by atoms with Crippen molar-refractivity contribution < 1.29 is 4.42 Å². The molecule has 0 aliphatic rings. The van der Waals surface area contributed by atoms with E-state index in [1.807, 2.05) is 13.8 Å². The molecule has 7 heteroatoms. The number of rotatable bonds is 3. The van der Waals surface area contributed by atoms with E-state index < -0.39 is 0 Å². The Hall–Kier alpha value is -2.44. The van der Waals surface area contributed by atoms with Gasteiger partial charge in [0.1, 0.15) is 23.6 Å². The number of nitrogens with one attached hydrogen (secondary N) is 2. The van der Waals surface area contributed by atoms with Crippen molar-refractivity contribution in [3.8, 4) is 0 Å². The molecular formula is C11H12N6O. The Kier molecular flexibility index (Phi) is 2.44. The highest BCUT2D eigenvalue weighted by molar-refractivity contribution is 5.82. The summed E-state index contributed by atoms with van der Waals surface area (Å²) >= 11 is 0. The second-order valence-electron chi connectivity index (χ2n) is 4.00. The number of imidazole rings is 1. The van der Waals surface area contributed by atoms with E-state index in [0.29, 0.717) is 17.4 Å². The predicted molar refractivity (Wildman–Crippen MR) is 65.0 cm³/mol. The lowest BCUT2D eigenvalue weighted by molar-refractivity contribution is 0.453. The summed E-state index contributed by atoms with van der Waals surface area (Å²) in [5, 5.41) is 3.22. The molecule has 3 heterocycles.